The maximum absolute atomic E-state index is 9.32. The van der Waals surface area contributed by atoms with Gasteiger partial charge in [-0.05, 0) is 29.2 Å². The van der Waals surface area contributed by atoms with E-state index in [1.807, 2.05) is 37.3 Å². The Kier molecular flexibility index (Phi) is 2.92. The molecule has 3 rings (SSSR count). The molecule has 0 radical (unpaired) electrons. The van der Waals surface area contributed by atoms with E-state index < -0.39 is 0 Å². The lowest BCUT2D eigenvalue weighted by Crippen LogP contribution is -2.05. The fourth-order valence-corrected chi connectivity index (χ4v) is 2.73. The van der Waals surface area contributed by atoms with Crippen LogP contribution in [-0.2, 0) is 6.42 Å². The summed E-state index contributed by atoms with van der Waals surface area (Å²) in [4.78, 5) is 0. The summed E-state index contributed by atoms with van der Waals surface area (Å²) in [5.74, 6) is 0. The van der Waals surface area contributed by atoms with E-state index >= 15 is 0 Å². The van der Waals surface area contributed by atoms with Gasteiger partial charge in [0.1, 0.15) is 0 Å². The lowest BCUT2D eigenvalue weighted by atomic mass is 9.94. The van der Waals surface area contributed by atoms with Gasteiger partial charge in [-0.2, -0.15) is 0 Å². The van der Waals surface area contributed by atoms with Gasteiger partial charge in [-0.15, -0.1) is 0 Å². The average Bonchev–Trinajstić information content (AvgIpc) is 2.61. The van der Waals surface area contributed by atoms with Crippen LogP contribution in [0.4, 0.5) is 0 Å². The molecular formula is C17H15NO. The number of benzene rings is 2. The van der Waals surface area contributed by atoms with Crippen LogP contribution >= 0.6 is 0 Å². The molecule has 0 heterocycles. The standard InChI is InChI=1S/C17H15NO/c1-2-13-14-8-4-3-7-12(14)11-17(18-19)16-10-6-5-9-15(13)16/h2-10,19H,11H2,1H3. The van der Waals surface area contributed by atoms with Gasteiger partial charge in [-0.3, -0.25) is 0 Å². The molecular weight excluding hydrogens is 234 g/mol. The van der Waals surface area contributed by atoms with Crippen molar-refractivity contribution in [1.82, 2.24) is 0 Å². The molecule has 0 unspecified atom stereocenters. The van der Waals surface area contributed by atoms with Crippen LogP contribution in [0.3, 0.4) is 0 Å². The number of hydrogen-bond acceptors (Lipinski definition) is 2. The highest BCUT2D eigenvalue weighted by Gasteiger charge is 2.21. The molecule has 1 aliphatic carbocycles. The zero-order valence-corrected chi connectivity index (χ0v) is 10.8. The zero-order chi connectivity index (χ0) is 13.2. The van der Waals surface area contributed by atoms with E-state index in [1.54, 1.807) is 0 Å². The molecule has 1 N–H and O–H groups in total. The quantitative estimate of drug-likeness (QED) is 0.558. The van der Waals surface area contributed by atoms with Gasteiger partial charge in [-0.1, -0.05) is 59.8 Å². The SMILES string of the molecule is CC=C1c2ccccc2CC(=NO)c2ccccc21. The maximum atomic E-state index is 9.32. The van der Waals surface area contributed by atoms with Crippen molar-refractivity contribution in [3.05, 3.63) is 76.9 Å². The third-order valence-corrected chi connectivity index (χ3v) is 3.60. The van der Waals surface area contributed by atoms with E-state index in [-0.39, 0.29) is 0 Å². The third kappa shape index (κ3) is 1.85. The third-order valence-electron chi connectivity index (χ3n) is 3.60. The summed E-state index contributed by atoms with van der Waals surface area (Å²) in [7, 11) is 0. The van der Waals surface area contributed by atoms with Gasteiger partial charge in [0.2, 0.25) is 0 Å². The molecule has 0 saturated carbocycles. The predicted octanol–water partition coefficient (Wildman–Crippen LogP) is 3.87. The Morgan fingerprint density at radius 1 is 0.947 bits per heavy atom. The molecule has 0 bridgehead atoms. The van der Waals surface area contributed by atoms with Crippen molar-refractivity contribution < 1.29 is 5.21 Å². The van der Waals surface area contributed by atoms with Crippen molar-refractivity contribution in [2.45, 2.75) is 13.3 Å². The van der Waals surface area contributed by atoms with Crippen LogP contribution in [0.2, 0.25) is 0 Å². The van der Waals surface area contributed by atoms with Crippen LogP contribution in [0, 0.1) is 0 Å². The van der Waals surface area contributed by atoms with Gasteiger partial charge in [0, 0.05) is 12.0 Å². The minimum Gasteiger partial charge on any atom is -0.411 e. The molecule has 0 atom stereocenters. The summed E-state index contributed by atoms with van der Waals surface area (Å²) in [5, 5.41) is 12.8. The van der Waals surface area contributed by atoms with Crippen molar-refractivity contribution in [2.24, 2.45) is 5.16 Å². The molecule has 2 aromatic rings. The number of fused-ring (bicyclic) bond motifs is 2. The van der Waals surface area contributed by atoms with Crippen LogP contribution in [0.15, 0.2) is 59.8 Å². The van der Waals surface area contributed by atoms with Gasteiger partial charge in [-0.25, -0.2) is 0 Å². The molecule has 0 aliphatic heterocycles. The molecule has 0 saturated heterocycles. The Morgan fingerprint density at radius 3 is 2.26 bits per heavy atom. The minimum absolute atomic E-state index is 0.654. The molecule has 94 valence electrons. The number of allylic oxidation sites excluding steroid dienone is 1. The smallest absolute Gasteiger partial charge is 0.0917 e. The normalized spacial score (nSPS) is 17.9. The average molecular weight is 249 g/mol. The van der Waals surface area contributed by atoms with Crippen molar-refractivity contribution in [3.63, 3.8) is 0 Å². The molecule has 2 aromatic carbocycles. The Morgan fingerprint density at radius 2 is 1.58 bits per heavy atom. The predicted molar refractivity (Wildman–Crippen MR) is 77.7 cm³/mol. The molecule has 1 aliphatic rings. The van der Waals surface area contributed by atoms with E-state index in [0.717, 1.165) is 16.8 Å². The molecule has 2 heteroatoms. The van der Waals surface area contributed by atoms with E-state index in [4.69, 9.17) is 0 Å². The highest BCUT2D eigenvalue weighted by atomic mass is 16.4. The highest BCUT2D eigenvalue weighted by Crippen LogP contribution is 2.33. The summed E-state index contributed by atoms with van der Waals surface area (Å²) in [6, 6.07) is 16.4. The summed E-state index contributed by atoms with van der Waals surface area (Å²) in [6.45, 7) is 2.05. The van der Waals surface area contributed by atoms with Gasteiger partial charge in [0.05, 0.1) is 5.71 Å². The lowest BCUT2D eigenvalue weighted by molar-refractivity contribution is 0.318. The van der Waals surface area contributed by atoms with Gasteiger partial charge in [0.15, 0.2) is 0 Å². The highest BCUT2D eigenvalue weighted by molar-refractivity contribution is 6.08. The second-order valence-electron chi connectivity index (χ2n) is 4.63. The molecule has 0 fully saturated rings. The van der Waals surface area contributed by atoms with Crippen molar-refractivity contribution in [2.75, 3.05) is 0 Å². The van der Waals surface area contributed by atoms with Crippen LogP contribution in [0.25, 0.3) is 5.57 Å². The van der Waals surface area contributed by atoms with Crippen LogP contribution in [-0.4, -0.2) is 10.9 Å². The first-order chi connectivity index (χ1) is 9.35. The summed E-state index contributed by atoms with van der Waals surface area (Å²) >= 11 is 0. The molecule has 0 amide bonds. The first-order valence-corrected chi connectivity index (χ1v) is 6.40. The molecule has 0 spiro atoms. The second-order valence-corrected chi connectivity index (χ2v) is 4.63. The van der Waals surface area contributed by atoms with E-state index in [1.165, 1.54) is 16.7 Å². The van der Waals surface area contributed by atoms with E-state index in [9.17, 15) is 5.21 Å². The molecule has 2 nitrogen and oxygen atoms in total. The summed E-state index contributed by atoms with van der Waals surface area (Å²) < 4.78 is 0. The molecule has 19 heavy (non-hydrogen) atoms. The summed E-state index contributed by atoms with van der Waals surface area (Å²) in [6.07, 6.45) is 2.78. The van der Waals surface area contributed by atoms with Crippen LogP contribution in [0.1, 0.15) is 29.2 Å². The Hall–Kier alpha value is -2.35. The Balaban J connectivity index is 2.35. The molecule has 0 aromatic heterocycles. The van der Waals surface area contributed by atoms with Gasteiger partial charge < -0.3 is 5.21 Å². The van der Waals surface area contributed by atoms with Crippen LogP contribution in [0.5, 0.6) is 0 Å². The van der Waals surface area contributed by atoms with E-state index in [2.05, 4.69) is 29.4 Å². The summed E-state index contributed by atoms with van der Waals surface area (Å²) in [5.41, 5.74) is 6.47. The fraction of sp³-hybridized carbons (Fsp3) is 0.118. The maximum Gasteiger partial charge on any atom is 0.0917 e. The van der Waals surface area contributed by atoms with Gasteiger partial charge in [0.25, 0.3) is 0 Å². The fourth-order valence-electron chi connectivity index (χ4n) is 2.73. The second kappa shape index (κ2) is 4.73. The van der Waals surface area contributed by atoms with Crippen molar-refractivity contribution in [3.8, 4) is 0 Å². The largest absolute Gasteiger partial charge is 0.411 e. The first-order valence-electron chi connectivity index (χ1n) is 6.40. The first kappa shape index (κ1) is 11.7. The monoisotopic (exact) mass is 249 g/mol. The van der Waals surface area contributed by atoms with Crippen molar-refractivity contribution >= 4 is 11.3 Å². The number of rotatable bonds is 0. The van der Waals surface area contributed by atoms with Gasteiger partial charge >= 0.3 is 0 Å². The topological polar surface area (TPSA) is 32.6 Å². The zero-order valence-electron chi connectivity index (χ0n) is 10.8. The van der Waals surface area contributed by atoms with E-state index in [0.29, 0.717) is 6.42 Å². The number of hydrogen-bond donors (Lipinski definition) is 1. The van der Waals surface area contributed by atoms with Crippen LogP contribution < -0.4 is 0 Å². The lowest BCUT2D eigenvalue weighted by Gasteiger charge is -2.10. The van der Waals surface area contributed by atoms with Crippen molar-refractivity contribution in [1.29, 1.82) is 0 Å². The minimum atomic E-state index is 0.654. The Labute approximate surface area is 112 Å². The Bertz CT molecular complexity index is 683. The number of nitrogens with zero attached hydrogens (tertiary/aromatic N) is 1. The number of oxime groups is 1.